The van der Waals surface area contributed by atoms with Gasteiger partial charge in [-0.3, -0.25) is 4.98 Å². The Balaban J connectivity index is 1.99. The minimum Gasteiger partial charge on any atom is -0.455 e. The van der Waals surface area contributed by atoms with Crippen molar-refractivity contribution in [2.24, 2.45) is 0 Å². The number of aryl methyl sites for hydroxylation is 1. The van der Waals surface area contributed by atoms with Gasteiger partial charge in [0.15, 0.2) is 0 Å². The van der Waals surface area contributed by atoms with E-state index < -0.39 is 8.07 Å². The van der Waals surface area contributed by atoms with E-state index in [2.05, 4.69) is 83.0 Å². The Hall–Kier alpha value is -2.39. The molecule has 4 rings (SSSR count). The van der Waals surface area contributed by atoms with Crippen molar-refractivity contribution in [2.45, 2.75) is 59.2 Å². The molecule has 3 heteroatoms. The molecule has 0 amide bonds. The normalized spacial score (nSPS) is 12.4. The van der Waals surface area contributed by atoms with E-state index in [9.17, 15) is 0 Å². The van der Waals surface area contributed by atoms with Gasteiger partial charge >= 0.3 is 0 Å². The quantitative estimate of drug-likeness (QED) is 0.325. The van der Waals surface area contributed by atoms with Crippen LogP contribution in [0.15, 0.2) is 53.1 Å². The standard InChI is InChI=1S/C26H31NOSi/c1-7-18(8-2)19-15-17(3)25(27-16-19)21-13-14-23(29(4,5)6)24-20-11-9-10-12-22(20)28-26(21)24/h9-16,18H,7-8H2,1-6H3. The summed E-state index contributed by atoms with van der Waals surface area (Å²) in [6.45, 7) is 13.9. The highest BCUT2D eigenvalue weighted by Crippen LogP contribution is 2.37. The lowest BCUT2D eigenvalue weighted by Gasteiger charge is -2.19. The van der Waals surface area contributed by atoms with Crippen molar-refractivity contribution < 1.29 is 4.42 Å². The molecule has 0 saturated carbocycles. The lowest BCUT2D eigenvalue weighted by molar-refractivity contribution is 0.639. The summed E-state index contributed by atoms with van der Waals surface area (Å²) in [7, 11) is -1.53. The molecular weight excluding hydrogens is 370 g/mol. The van der Waals surface area contributed by atoms with Crippen LogP contribution in [0.1, 0.15) is 43.7 Å². The predicted octanol–water partition coefficient (Wildman–Crippen LogP) is 7.41. The Bertz CT molecular complexity index is 1180. The Morgan fingerprint density at radius 2 is 1.72 bits per heavy atom. The Morgan fingerprint density at radius 3 is 2.38 bits per heavy atom. The molecule has 0 unspecified atom stereocenters. The molecular formula is C26H31NOSi. The number of hydrogen-bond acceptors (Lipinski definition) is 2. The minimum atomic E-state index is -1.53. The SMILES string of the molecule is CCC(CC)c1cnc(-c2ccc([Si](C)(C)C)c3c2oc2ccccc23)c(C)c1. The fourth-order valence-electron chi connectivity index (χ4n) is 4.50. The summed E-state index contributed by atoms with van der Waals surface area (Å²) in [5.74, 6) is 0.579. The second-order valence-corrected chi connectivity index (χ2v) is 14.2. The molecule has 0 atom stereocenters. The van der Waals surface area contributed by atoms with Gasteiger partial charge in [-0.1, -0.05) is 63.8 Å². The van der Waals surface area contributed by atoms with E-state index in [1.165, 1.54) is 27.1 Å². The van der Waals surface area contributed by atoms with Crippen LogP contribution in [0.5, 0.6) is 0 Å². The van der Waals surface area contributed by atoms with Crippen molar-refractivity contribution in [1.29, 1.82) is 0 Å². The number of furan rings is 1. The number of fused-ring (bicyclic) bond motifs is 3. The van der Waals surface area contributed by atoms with E-state index in [0.717, 1.165) is 35.3 Å². The lowest BCUT2D eigenvalue weighted by Crippen LogP contribution is -2.37. The Kier molecular flexibility index (Phi) is 5.12. The molecule has 150 valence electrons. The Labute approximate surface area is 175 Å². The molecule has 29 heavy (non-hydrogen) atoms. The molecule has 0 radical (unpaired) electrons. The van der Waals surface area contributed by atoms with E-state index in [0.29, 0.717) is 5.92 Å². The van der Waals surface area contributed by atoms with Gasteiger partial charge in [-0.2, -0.15) is 0 Å². The topological polar surface area (TPSA) is 26.0 Å². The molecule has 0 N–H and O–H groups in total. The van der Waals surface area contributed by atoms with Crippen LogP contribution in [0.4, 0.5) is 0 Å². The number of rotatable bonds is 5. The molecule has 4 aromatic rings. The molecule has 2 aromatic carbocycles. The van der Waals surface area contributed by atoms with Gasteiger partial charge in [0.1, 0.15) is 11.2 Å². The lowest BCUT2D eigenvalue weighted by atomic mass is 9.93. The molecule has 0 aliphatic rings. The van der Waals surface area contributed by atoms with Gasteiger partial charge in [-0.15, -0.1) is 0 Å². The maximum atomic E-state index is 6.43. The molecule has 0 aliphatic carbocycles. The van der Waals surface area contributed by atoms with Crippen molar-refractivity contribution in [2.75, 3.05) is 0 Å². The van der Waals surface area contributed by atoms with Crippen LogP contribution in [-0.4, -0.2) is 13.1 Å². The fourth-order valence-corrected chi connectivity index (χ4v) is 6.08. The highest BCUT2D eigenvalue weighted by molar-refractivity contribution is 6.90. The summed E-state index contributed by atoms with van der Waals surface area (Å²) in [5.41, 5.74) is 6.64. The van der Waals surface area contributed by atoms with Crippen LogP contribution in [-0.2, 0) is 0 Å². The number of pyridine rings is 1. The number of aromatic nitrogens is 1. The van der Waals surface area contributed by atoms with Crippen molar-refractivity contribution in [3.05, 3.63) is 59.8 Å². The van der Waals surface area contributed by atoms with Gasteiger partial charge < -0.3 is 4.42 Å². The number of benzene rings is 2. The fraction of sp³-hybridized carbons (Fsp3) is 0.346. The first-order valence-electron chi connectivity index (χ1n) is 10.8. The molecule has 0 bridgehead atoms. The third-order valence-corrected chi connectivity index (χ3v) is 8.18. The van der Waals surface area contributed by atoms with Gasteiger partial charge in [0.2, 0.25) is 0 Å². The average Bonchev–Trinajstić information content (AvgIpc) is 3.07. The van der Waals surface area contributed by atoms with Crippen molar-refractivity contribution >= 4 is 35.2 Å². The smallest absolute Gasteiger partial charge is 0.144 e. The first-order chi connectivity index (χ1) is 13.8. The average molecular weight is 402 g/mol. The number of hydrogen-bond donors (Lipinski definition) is 0. The first kappa shape index (κ1) is 19.9. The highest BCUT2D eigenvalue weighted by atomic mass is 28.3. The summed E-state index contributed by atoms with van der Waals surface area (Å²) < 4.78 is 6.43. The summed E-state index contributed by atoms with van der Waals surface area (Å²) in [4.78, 5) is 4.93. The van der Waals surface area contributed by atoms with Crippen LogP contribution in [0.3, 0.4) is 0 Å². The van der Waals surface area contributed by atoms with Crippen molar-refractivity contribution in [3.63, 3.8) is 0 Å². The van der Waals surface area contributed by atoms with E-state index in [1.54, 1.807) is 0 Å². The summed E-state index contributed by atoms with van der Waals surface area (Å²) in [6.07, 6.45) is 4.37. The molecule has 0 saturated heterocycles. The van der Waals surface area contributed by atoms with Crippen LogP contribution in [0.25, 0.3) is 33.2 Å². The zero-order valence-corrected chi connectivity index (χ0v) is 19.5. The molecule has 2 nitrogen and oxygen atoms in total. The summed E-state index contributed by atoms with van der Waals surface area (Å²) >= 11 is 0. The molecule has 0 spiro atoms. The number of nitrogens with zero attached hydrogens (tertiary/aromatic N) is 1. The number of para-hydroxylation sites is 1. The van der Waals surface area contributed by atoms with E-state index >= 15 is 0 Å². The largest absolute Gasteiger partial charge is 0.455 e. The van der Waals surface area contributed by atoms with Gasteiger partial charge in [-0.05, 0) is 54.1 Å². The van der Waals surface area contributed by atoms with Crippen molar-refractivity contribution in [3.8, 4) is 11.3 Å². The summed E-state index contributed by atoms with van der Waals surface area (Å²) in [5, 5.41) is 3.95. The Morgan fingerprint density at radius 1 is 1.00 bits per heavy atom. The second-order valence-electron chi connectivity index (χ2n) is 9.16. The predicted molar refractivity (Wildman–Crippen MR) is 128 cm³/mol. The van der Waals surface area contributed by atoms with Crippen LogP contribution < -0.4 is 5.19 Å². The van der Waals surface area contributed by atoms with Gasteiger partial charge in [0, 0.05) is 22.5 Å². The molecule has 2 heterocycles. The molecule has 0 aliphatic heterocycles. The first-order valence-corrected chi connectivity index (χ1v) is 14.3. The maximum absolute atomic E-state index is 6.43. The van der Waals surface area contributed by atoms with Crippen LogP contribution in [0.2, 0.25) is 19.6 Å². The van der Waals surface area contributed by atoms with Crippen molar-refractivity contribution in [1.82, 2.24) is 4.98 Å². The second kappa shape index (κ2) is 7.45. The van der Waals surface area contributed by atoms with Gasteiger partial charge in [0.25, 0.3) is 0 Å². The monoisotopic (exact) mass is 401 g/mol. The third kappa shape index (κ3) is 3.42. The third-order valence-electron chi connectivity index (χ3n) is 6.15. The van der Waals surface area contributed by atoms with E-state index in [1.807, 2.05) is 6.07 Å². The molecule has 0 fully saturated rings. The van der Waals surface area contributed by atoms with Crippen LogP contribution in [0, 0.1) is 6.92 Å². The van der Waals surface area contributed by atoms with Crippen LogP contribution >= 0.6 is 0 Å². The van der Waals surface area contributed by atoms with E-state index in [-0.39, 0.29) is 0 Å². The molecule has 2 aromatic heterocycles. The minimum absolute atomic E-state index is 0.579. The van der Waals surface area contributed by atoms with E-state index in [4.69, 9.17) is 9.40 Å². The zero-order valence-electron chi connectivity index (χ0n) is 18.5. The highest BCUT2D eigenvalue weighted by Gasteiger charge is 2.25. The van der Waals surface area contributed by atoms with Gasteiger partial charge in [-0.25, -0.2) is 0 Å². The van der Waals surface area contributed by atoms with Gasteiger partial charge in [0.05, 0.1) is 13.8 Å². The zero-order chi connectivity index (χ0) is 20.8. The summed E-state index contributed by atoms with van der Waals surface area (Å²) in [6, 6.07) is 15.3. The maximum Gasteiger partial charge on any atom is 0.144 e.